The molecule has 0 aromatic heterocycles. The highest BCUT2D eigenvalue weighted by Crippen LogP contribution is 2.21. The van der Waals surface area contributed by atoms with E-state index < -0.39 is 5.82 Å². The fourth-order valence-corrected chi connectivity index (χ4v) is 3.20. The number of carbonyl (C=O) groups is 1. The zero-order valence-electron chi connectivity index (χ0n) is 13.1. The maximum Gasteiger partial charge on any atom is 0.232 e. The first-order chi connectivity index (χ1) is 11.5. The maximum atomic E-state index is 13.8. The fourth-order valence-electron chi connectivity index (χ4n) is 2.05. The number of benzene rings is 2. The Hall–Kier alpha value is -2.03. The lowest BCUT2D eigenvalue weighted by molar-refractivity contribution is -0.127. The largest absolute Gasteiger partial charge is 0.341 e. The Labute approximate surface area is 150 Å². The molecule has 0 radical (unpaired) electrons. The van der Waals surface area contributed by atoms with E-state index in [-0.39, 0.29) is 12.5 Å². The average Bonchev–Trinajstić information content (AvgIpc) is 2.58. The zero-order valence-corrected chi connectivity index (χ0v) is 14.7. The first-order valence-corrected chi connectivity index (χ1v) is 8.78. The van der Waals surface area contributed by atoms with Gasteiger partial charge in [0, 0.05) is 29.9 Å². The van der Waals surface area contributed by atoms with Crippen molar-refractivity contribution in [2.45, 2.75) is 12.3 Å². The third-order valence-corrected chi connectivity index (χ3v) is 4.80. The molecule has 2 aromatic rings. The molecule has 0 heterocycles. The zero-order chi connectivity index (χ0) is 17.5. The Kier molecular flexibility index (Phi) is 6.65. The summed E-state index contributed by atoms with van der Waals surface area (Å²) in [5, 5.41) is 9.08. The molecule has 24 heavy (non-hydrogen) atoms. The lowest BCUT2D eigenvalue weighted by Crippen LogP contribution is -2.28. The van der Waals surface area contributed by atoms with E-state index in [4.69, 9.17) is 16.9 Å². The van der Waals surface area contributed by atoms with E-state index in [1.165, 1.54) is 28.8 Å². The number of hydrogen-bond donors (Lipinski definition) is 0. The van der Waals surface area contributed by atoms with E-state index >= 15 is 0 Å². The maximum absolute atomic E-state index is 13.8. The van der Waals surface area contributed by atoms with Gasteiger partial charge in [-0.15, -0.1) is 11.8 Å². The van der Waals surface area contributed by atoms with Crippen LogP contribution in [0.1, 0.15) is 16.7 Å². The average molecular weight is 363 g/mol. The van der Waals surface area contributed by atoms with Crippen LogP contribution in [0, 0.1) is 17.1 Å². The van der Waals surface area contributed by atoms with E-state index in [2.05, 4.69) is 6.07 Å². The van der Waals surface area contributed by atoms with E-state index in [9.17, 15) is 9.18 Å². The van der Waals surface area contributed by atoms with E-state index in [0.717, 1.165) is 5.56 Å². The van der Waals surface area contributed by atoms with Gasteiger partial charge in [0.2, 0.25) is 5.91 Å². The van der Waals surface area contributed by atoms with Gasteiger partial charge in [0.15, 0.2) is 0 Å². The van der Waals surface area contributed by atoms with Gasteiger partial charge in [0.1, 0.15) is 5.82 Å². The van der Waals surface area contributed by atoms with Crippen molar-refractivity contribution in [1.82, 2.24) is 4.90 Å². The van der Waals surface area contributed by atoms with Gasteiger partial charge in [-0.05, 0) is 29.8 Å². The molecular formula is C18H16ClFN2OS. The molecule has 0 aliphatic rings. The second kappa shape index (κ2) is 8.72. The Bertz CT molecular complexity index is 738. The van der Waals surface area contributed by atoms with Crippen LogP contribution in [0.5, 0.6) is 0 Å². The molecule has 1 amide bonds. The summed E-state index contributed by atoms with van der Waals surface area (Å²) in [6.45, 7) is 0.141. The highest BCUT2D eigenvalue weighted by molar-refractivity contribution is 7.99. The third-order valence-electron chi connectivity index (χ3n) is 3.46. The minimum absolute atomic E-state index is 0.0898. The van der Waals surface area contributed by atoms with Crippen LogP contribution >= 0.6 is 23.4 Å². The lowest BCUT2D eigenvalue weighted by atomic mass is 10.2. The van der Waals surface area contributed by atoms with Crippen molar-refractivity contribution in [3.63, 3.8) is 0 Å². The summed E-state index contributed by atoms with van der Waals surface area (Å²) >= 11 is 7.46. The van der Waals surface area contributed by atoms with E-state index in [0.29, 0.717) is 27.7 Å². The van der Waals surface area contributed by atoms with Crippen molar-refractivity contribution in [2.24, 2.45) is 0 Å². The van der Waals surface area contributed by atoms with E-state index in [1.807, 2.05) is 12.1 Å². The van der Waals surface area contributed by atoms with Crippen LogP contribution in [0.2, 0.25) is 5.02 Å². The second-order valence-electron chi connectivity index (χ2n) is 5.25. The van der Waals surface area contributed by atoms with Gasteiger partial charge in [-0.2, -0.15) is 5.26 Å². The summed E-state index contributed by atoms with van der Waals surface area (Å²) < 4.78 is 13.8. The molecule has 0 unspecified atom stereocenters. The highest BCUT2D eigenvalue weighted by Gasteiger charge is 2.14. The van der Waals surface area contributed by atoms with Gasteiger partial charge in [-0.3, -0.25) is 4.79 Å². The van der Waals surface area contributed by atoms with Crippen LogP contribution in [0.3, 0.4) is 0 Å². The number of nitrogens with zero attached hydrogens (tertiary/aromatic N) is 2. The standard InChI is InChI=1S/C18H16ClFN2OS/c1-22(10-15-16(19)3-2-4-17(15)20)18(23)12-24-11-14-7-5-13(9-21)6-8-14/h2-8H,10-12H2,1H3. The first kappa shape index (κ1) is 18.3. The van der Waals surface area contributed by atoms with Crippen LogP contribution in [-0.2, 0) is 17.1 Å². The normalized spacial score (nSPS) is 10.2. The summed E-state index contributed by atoms with van der Waals surface area (Å²) in [5.74, 6) is 0.467. The van der Waals surface area contributed by atoms with Crippen molar-refractivity contribution in [2.75, 3.05) is 12.8 Å². The van der Waals surface area contributed by atoms with Crippen LogP contribution in [-0.4, -0.2) is 23.6 Å². The summed E-state index contributed by atoms with van der Waals surface area (Å²) in [6, 6.07) is 13.8. The second-order valence-corrected chi connectivity index (χ2v) is 6.64. The van der Waals surface area contributed by atoms with Gasteiger partial charge in [-0.25, -0.2) is 4.39 Å². The van der Waals surface area contributed by atoms with Crippen molar-refractivity contribution in [3.8, 4) is 6.07 Å². The van der Waals surface area contributed by atoms with Crippen LogP contribution in [0.25, 0.3) is 0 Å². The smallest absolute Gasteiger partial charge is 0.232 e. The number of amides is 1. The molecule has 0 N–H and O–H groups in total. The predicted octanol–water partition coefficient (Wildman–Crippen LogP) is 4.24. The number of nitriles is 1. The molecule has 124 valence electrons. The van der Waals surface area contributed by atoms with E-state index in [1.54, 1.807) is 25.2 Å². The number of hydrogen-bond acceptors (Lipinski definition) is 3. The number of rotatable bonds is 6. The summed E-state index contributed by atoms with van der Waals surface area (Å²) in [4.78, 5) is 13.6. The van der Waals surface area contributed by atoms with Crippen LogP contribution in [0.4, 0.5) is 4.39 Å². The molecule has 6 heteroatoms. The molecule has 0 spiro atoms. The van der Waals surface area contributed by atoms with Crippen molar-refractivity contribution in [1.29, 1.82) is 5.26 Å². The Balaban J connectivity index is 1.84. The minimum Gasteiger partial charge on any atom is -0.341 e. The molecule has 3 nitrogen and oxygen atoms in total. The molecule has 0 saturated heterocycles. The predicted molar refractivity (Wildman–Crippen MR) is 95.2 cm³/mol. The van der Waals surface area contributed by atoms with Crippen molar-refractivity contribution >= 4 is 29.3 Å². The van der Waals surface area contributed by atoms with Gasteiger partial charge >= 0.3 is 0 Å². The van der Waals surface area contributed by atoms with Gasteiger partial charge in [0.25, 0.3) is 0 Å². The summed E-state index contributed by atoms with van der Waals surface area (Å²) in [5.41, 5.74) is 1.99. The topological polar surface area (TPSA) is 44.1 Å². The number of carbonyl (C=O) groups excluding carboxylic acids is 1. The lowest BCUT2D eigenvalue weighted by Gasteiger charge is -2.18. The molecule has 0 aliphatic heterocycles. The Morgan fingerprint density at radius 1 is 1.29 bits per heavy atom. The van der Waals surface area contributed by atoms with Crippen LogP contribution < -0.4 is 0 Å². The molecule has 2 aromatic carbocycles. The SMILES string of the molecule is CN(Cc1c(F)cccc1Cl)C(=O)CSCc1ccc(C#N)cc1. The van der Waals surface area contributed by atoms with Crippen molar-refractivity contribution < 1.29 is 9.18 Å². The molecule has 2 rings (SSSR count). The van der Waals surface area contributed by atoms with Crippen molar-refractivity contribution in [3.05, 3.63) is 70.0 Å². The molecule has 0 saturated carbocycles. The molecular weight excluding hydrogens is 347 g/mol. The quantitative estimate of drug-likeness (QED) is 0.771. The minimum atomic E-state index is -0.410. The van der Waals surface area contributed by atoms with Crippen LogP contribution in [0.15, 0.2) is 42.5 Å². The number of thioether (sulfide) groups is 1. The number of halogens is 2. The van der Waals surface area contributed by atoms with Gasteiger partial charge in [-0.1, -0.05) is 29.8 Å². The summed E-state index contributed by atoms with van der Waals surface area (Å²) in [6.07, 6.45) is 0. The van der Waals surface area contributed by atoms with Gasteiger partial charge in [0.05, 0.1) is 17.4 Å². The third kappa shape index (κ3) is 4.98. The fraction of sp³-hybridized carbons (Fsp3) is 0.222. The Morgan fingerprint density at radius 3 is 2.62 bits per heavy atom. The first-order valence-electron chi connectivity index (χ1n) is 7.25. The molecule has 0 aliphatic carbocycles. The molecule has 0 atom stereocenters. The Morgan fingerprint density at radius 2 is 2.00 bits per heavy atom. The molecule has 0 bridgehead atoms. The monoisotopic (exact) mass is 362 g/mol. The van der Waals surface area contributed by atoms with Gasteiger partial charge < -0.3 is 4.90 Å². The molecule has 0 fully saturated rings. The summed E-state index contributed by atoms with van der Waals surface area (Å²) in [7, 11) is 1.63. The highest BCUT2D eigenvalue weighted by atomic mass is 35.5.